The first-order chi connectivity index (χ1) is 11.5. The minimum atomic E-state index is 0.283. The number of nitrogens with zero attached hydrogens (tertiary/aromatic N) is 1. The van der Waals surface area contributed by atoms with Crippen molar-refractivity contribution in [2.75, 3.05) is 5.32 Å². The van der Waals surface area contributed by atoms with Crippen LogP contribution in [0.25, 0.3) is 0 Å². The number of hydrazone groups is 1. The van der Waals surface area contributed by atoms with E-state index in [4.69, 9.17) is 12.2 Å². The van der Waals surface area contributed by atoms with Crippen LogP contribution in [-0.4, -0.2) is 16.9 Å². The summed E-state index contributed by atoms with van der Waals surface area (Å²) in [6.07, 6.45) is 0. The van der Waals surface area contributed by atoms with E-state index in [1.807, 2.05) is 26.8 Å². The Labute approximate surface area is 152 Å². The van der Waals surface area contributed by atoms with Gasteiger partial charge in [0.05, 0.1) is 17.1 Å². The van der Waals surface area contributed by atoms with E-state index in [1.54, 1.807) is 11.8 Å². The van der Waals surface area contributed by atoms with E-state index in [0.717, 1.165) is 22.6 Å². The lowest BCUT2D eigenvalue weighted by molar-refractivity contribution is 0.719. The molecule has 0 amide bonds. The van der Waals surface area contributed by atoms with Gasteiger partial charge in [-0.25, -0.2) is 0 Å². The molecular weight excluding hydrogens is 336 g/mol. The number of anilines is 2. The first-order valence-electron chi connectivity index (χ1n) is 7.82. The molecule has 0 aliphatic carbocycles. The average Bonchev–Trinajstić information content (AvgIpc) is 2.56. The molecule has 2 aromatic rings. The van der Waals surface area contributed by atoms with E-state index in [-0.39, 0.29) is 6.04 Å². The maximum atomic E-state index is 5.19. The molecule has 1 aliphatic heterocycles. The molecule has 6 heteroatoms. The average molecular weight is 357 g/mol. The molecule has 0 saturated carbocycles. The van der Waals surface area contributed by atoms with Gasteiger partial charge in [0.15, 0.2) is 5.11 Å². The molecule has 0 unspecified atom stereocenters. The molecule has 4 nitrogen and oxygen atoms in total. The lowest BCUT2D eigenvalue weighted by Crippen LogP contribution is -2.37. The smallest absolute Gasteiger partial charge is 0.187 e. The van der Waals surface area contributed by atoms with Crippen molar-refractivity contribution in [2.24, 2.45) is 5.10 Å². The number of thiocarbonyl (C=S) groups is 1. The van der Waals surface area contributed by atoms with Gasteiger partial charge in [0, 0.05) is 15.8 Å². The Morgan fingerprint density at radius 3 is 2.67 bits per heavy atom. The molecule has 0 bridgehead atoms. The van der Waals surface area contributed by atoms with E-state index in [1.165, 1.54) is 9.79 Å². The van der Waals surface area contributed by atoms with Crippen LogP contribution in [0.5, 0.6) is 0 Å². The summed E-state index contributed by atoms with van der Waals surface area (Å²) in [6, 6.07) is 14.9. The van der Waals surface area contributed by atoms with Crippen molar-refractivity contribution in [3.63, 3.8) is 0 Å². The first kappa shape index (κ1) is 16.8. The van der Waals surface area contributed by atoms with Gasteiger partial charge in [0.2, 0.25) is 0 Å². The highest BCUT2D eigenvalue weighted by molar-refractivity contribution is 7.99. The zero-order chi connectivity index (χ0) is 17.1. The second kappa shape index (κ2) is 7.23. The maximum absolute atomic E-state index is 5.19. The van der Waals surface area contributed by atoms with Crippen molar-refractivity contribution < 1.29 is 0 Å². The summed E-state index contributed by atoms with van der Waals surface area (Å²) in [7, 11) is 0. The van der Waals surface area contributed by atoms with Crippen LogP contribution >= 0.6 is 24.0 Å². The van der Waals surface area contributed by atoms with E-state index in [2.05, 4.69) is 57.6 Å². The second-order valence-corrected chi connectivity index (χ2v) is 7.36. The standard InChI is InChI=1S/C18H20N4S2/c1-11(2)19-18(23)22-21-12(3)13-8-9-17-15(10-13)20-14-6-4-5-7-16(14)24-17/h4-11,20H,1-3H3,(H2,19,22,23). The highest BCUT2D eigenvalue weighted by atomic mass is 32.2. The number of hydrogen-bond donors (Lipinski definition) is 3. The van der Waals surface area contributed by atoms with E-state index < -0.39 is 0 Å². The number of fused-ring (bicyclic) bond motifs is 2. The fraction of sp³-hybridized carbons (Fsp3) is 0.222. The maximum Gasteiger partial charge on any atom is 0.187 e. The first-order valence-corrected chi connectivity index (χ1v) is 9.04. The number of para-hydroxylation sites is 1. The lowest BCUT2D eigenvalue weighted by Gasteiger charge is -2.21. The summed E-state index contributed by atoms with van der Waals surface area (Å²) in [5.74, 6) is 0. The fourth-order valence-electron chi connectivity index (χ4n) is 2.36. The molecule has 0 spiro atoms. The van der Waals surface area contributed by atoms with Crippen LogP contribution in [0.15, 0.2) is 57.4 Å². The number of rotatable bonds is 3. The summed E-state index contributed by atoms with van der Waals surface area (Å²) in [6.45, 7) is 6.04. The summed E-state index contributed by atoms with van der Waals surface area (Å²) >= 11 is 6.97. The molecule has 3 N–H and O–H groups in total. The lowest BCUT2D eigenvalue weighted by atomic mass is 10.1. The largest absolute Gasteiger partial charge is 0.359 e. The highest BCUT2D eigenvalue weighted by Gasteiger charge is 2.15. The third-order valence-electron chi connectivity index (χ3n) is 3.52. The third-order valence-corrected chi connectivity index (χ3v) is 4.88. The number of nitrogens with one attached hydrogen (secondary N) is 3. The Balaban J connectivity index is 1.76. The molecule has 0 radical (unpaired) electrons. The predicted octanol–water partition coefficient (Wildman–Crippen LogP) is 4.49. The normalized spacial score (nSPS) is 12.9. The molecule has 0 atom stereocenters. The van der Waals surface area contributed by atoms with Gasteiger partial charge in [0.25, 0.3) is 0 Å². The Morgan fingerprint density at radius 1 is 1.12 bits per heavy atom. The van der Waals surface area contributed by atoms with Crippen LogP contribution in [0.3, 0.4) is 0 Å². The van der Waals surface area contributed by atoms with Gasteiger partial charge >= 0.3 is 0 Å². The van der Waals surface area contributed by atoms with Crippen molar-refractivity contribution in [1.82, 2.24) is 10.7 Å². The van der Waals surface area contributed by atoms with Crippen molar-refractivity contribution in [2.45, 2.75) is 36.6 Å². The summed E-state index contributed by atoms with van der Waals surface area (Å²) in [4.78, 5) is 2.46. The highest BCUT2D eigenvalue weighted by Crippen LogP contribution is 2.44. The molecule has 0 saturated heterocycles. The molecule has 24 heavy (non-hydrogen) atoms. The molecule has 0 aromatic heterocycles. The second-order valence-electron chi connectivity index (χ2n) is 5.87. The van der Waals surface area contributed by atoms with Crippen molar-refractivity contribution >= 4 is 46.2 Å². The molecule has 3 rings (SSSR count). The number of hydrogen-bond acceptors (Lipinski definition) is 4. The van der Waals surface area contributed by atoms with Gasteiger partial charge in [-0.3, -0.25) is 5.43 Å². The minimum Gasteiger partial charge on any atom is -0.359 e. The quantitative estimate of drug-likeness (QED) is 0.367. The van der Waals surface area contributed by atoms with Crippen LogP contribution in [0.1, 0.15) is 26.3 Å². The van der Waals surface area contributed by atoms with Crippen LogP contribution in [0, 0.1) is 0 Å². The van der Waals surface area contributed by atoms with Gasteiger partial charge in [-0.15, -0.1) is 0 Å². The Hall–Kier alpha value is -2.05. The summed E-state index contributed by atoms with van der Waals surface area (Å²) < 4.78 is 0. The summed E-state index contributed by atoms with van der Waals surface area (Å²) in [5.41, 5.74) is 7.08. The van der Waals surface area contributed by atoms with Crippen LogP contribution < -0.4 is 16.1 Å². The third kappa shape index (κ3) is 3.88. The monoisotopic (exact) mass is 356 g/mol. The van der Waals surface area contributed by atoms with Crippen molar-refractivity contribution in [3.8, 4) is 0 Å². The summed E-state index contributed by atoms with van der Waals surface area (Å²) in [5, 5.41) is 11.5. The van der Waals surface area contributed by atoms with Gasteiger partial charge < -0.3 is 10.6 Å². The zero-order valence-electron chi connectivity index (χ0n) is 13.9. The molecule has 1 heterocycles. The van der Waals surface area contributed by atoms with E-state index in [0.29, 0.717) is 5.11 Å². The minimum absolute atomic E-state index is 0.283. The Morgan fingerprint density at radius 2 is 1.88 bits per heavy atom. The van der Waals surface area contributed by atoms with Crippen LogP contribution in [0.2, 0.25) is 0 Å². The molecular formula is C18H20N4S2. The van der Waals surface area contributed by atoms with Gasteiger partial charge in [-0.05, 0) is 62.8 Å². The topological polar surface area (TPSA) is 48.5 Å². The fourth-order valence-corrected chi connectivity index (χ4v) is 3.61. The van der Waals surface area contributed by atoms with Crippen LogP contribution in [0.4, 0.5) is 11.4 Å². The van der Waals surface area contributed by atoms with Crippen molar-refractivity contribution in [1.29, 1.82) is 0 Å². The van der Waals surface area contributed by atoms with E-state index in [9.17, 15) is 0 Å². The Bertz CT molecular complexity index is 799. The zero-order valence-corrected chi connectivity index (χ0v) is 15.5. The van der Waals surface area contributed by atoms with Gasteiger partial charge in [-0.2, -0.15) is 5.10 Å². The van der Waals surface area contributed by atoms with Crippen molar-refractivity contribution in [3.05, 3.63) is 48.0 Å². The SMILES string of the molecule is CC(=NNC(=S)NC(C)C)c1ccc2c(c1)Nc1ccccc1S2. The molecule has 1 aliphatic rings. The Kier molecular flexibility index (Phi) is 5.06. The van der Waals surface area contributed by atoms with Crippen LogP contribution in [-0.2, 0) is 0 Å². The van der Waals surface area contributed by atoms with E-state index >= 15 is 0 Å². The molecule has 0 fully saturated rings. The number of benzene rings is 2. The molecule has 124 valence electrons. The molecule has 2 aromatic carbocycles. The van der Waals surface area contributed by atoms with Gasteiger partial charge in [-0.1, -0.05) is 30.0 Å². The van der Waals surface area contributed by atoms with Gasteiger partial charge in [0.1, 0.15) is 0 Å². The predicted molar refractivity (Wildman–Crippen MR) is 107 cm³/mol.